The Morgan fingerprint density at radius 2 is 1.92 bits per heavy atom. The van der Waals surface area contributed by atoms with Crippen molar-refractivity contribution in [2.24, 2.45) is 5.92 Å². The largest absolute Gasteiger partial charge is 0.344 e. The van der Waals surface area contributed by atoms with Crippen molar-refractivity contribution in [3.05, 3.63) is 34.7 Å². The highest BCUT2D eigenvalue weighted by molar-refractivity contribution is 7.14. The average Bonchev–Trinajstić information content (AvgIpc) is 2.95. The molecule has 0 aliphatic rings. The van der Waals surface area contributed by atoms with E-state index in [0.717, 1.165) is 16.8 Å². The number of carbonyl (C=O) groups excluding carboxylic acids is 2. The van der Waals surface area contributed by atoms with E-state index in [1.54, 1.807) is 0 Å². The zero-order valence-corrected chi connectivity index (χ0v) is 15.5. The Balaban J connectivity index is 2.17. The van der Waals surface area contributed by atoms with E-state index in [2.05, 4.69) is 33.8 Å². The van der Waals surface area contributed by atoms with Crippen LogP contribution in [-0.2, 0) is 9.59 Å². The summed E-state index contributed by atoms with van der Waals surface area (Å²) in [6, 6.07) is 5.64. The third-order valence-electron chi connectivity index (χ3n) is 3.71. The van der Waals surface area contributed by atoms with Gasteiger partial charge in [0.25, 0.3) is 0 Å². The van der Waals surface area contributed by atoms with Crippen molar-refractivity contribution < 1.29 is 9.59 Å². The van der Waals surface area contributed by atoms with E-state index in [1.165, 1.54) is 23.8 Å². The summed E-state index contributed by atoms with van der Waals surface area (Å²) in [6.45, 7) is 9.27. The van der Waals surface area contributed by atoms with Gasteiger partial charge < -0.3 is 10.6 Å². The fourth-order valence-electron chi connectivity index (χ4n) is 2.40. The number of nitrogens with zero attached hydrogens (tertiary/aromatic N) is 1. The number of rotatable bonds is 5. The van der Waals surface area contributed by atoms with E-state index in [1.807, 2.05) is 33.1 Å². The molecule has 2 rings (SSSR count). The van der Waals surface area contributed by atoms with Crippen molar-refractivity contribution in [3.8, 4) is 11.3 Å². The van der Waals surface area contributed by atoms with Gasteiger partial charge in [-0.2, -0.15) is 0 Å². The lowest BCUT2D eigenvalue weighted by atomic mass is 10.0. The molecule has 1 atom stereocenters. The number of amides is 2. The predicted molar refractivity (Wildman–Crippen MR) is 98.1 cm³/mol. The fraction of sp³-hybridized carbons (Fsp3) is 0.389. The van der Waals surface area contributed by atoms with Crippen LogP contribution < -0.4 is 10.6 Å². The summed E-state index contributed by atoms with van der Waals surface area (Å²) < 4.78 is 0. The Labute approximate surface area is 146 Å². The quantitative estimate of drug-likeness (QED) is 0.871. The number of anilines is 1. The van der Waals surface area contributed by atoms with Gasteiger partial charge >= 0.3 is 0 Å². The third kappa shape index (κ3) is 4.41. The Kier molecular flexibility index (Phi) is 5.72. The number of benzene rings is 1. The Morgan fingerprint density at radius 1 is 1.21 bits per heavy atom. The van der Waals surface area contributed by atoms with Crippen molar-refractivity contribution in [1.29, 1.82) is 0 Å². The molecular formula is C18H23N3O2S. The number of thiazole rings is 1. The van der Waals surface area contributed by atoms with E-state index in [9.17, 15) is 9.59 Å². The smallest absolute Gasteiger partial charge is 0.248 e. The van der Waals surface area contributed by atoms with Crippen LogP contribution in [0.15, 0.2) is 23.6 Å². The molecule has 0 bridgehead atoms. The van der Waals surface area contributed by atoms with E-state index in [-0.39, 0.29) is 17.7 Å². The average molecular weight is 345 g/mol. The molecule has 0 spiro atoms. The van der Waals surface area contributed by atoms with Crippen LogP contribution in [0.1, 0.15) is 31.9 Å². The van der Waals surface area contributed by atoms with Gasteiger partial charge in [0.1, 0.15) is 6.04 Å². The molecule has 128 valence electrons. The minimum absolute atomic E-state index is 0.00708. The van der Waals surface area contributed by atoms with Crippen LogP contribution in [-0.4, -0.2) is 22.8 Å². The maximum atomic E-state index is 12.4. The summed E-state index contributed by atoms with van der Waals surface area (Å²) in [7, 11) is 0. The maximum absolute atomic E-state index is 12.4. The van der Waals surface area contributed by atoms with Gasteiger partial charge in [-0.15, -0.1) is 11.3 Å². The van der Waals surface area contributed by atoms with Gasteiger partial charge in [-0.1, -0.05) is 31.5 Å². The number of carbonyl (C=O) groups is 2. The molecule has 2 N–H and O–H groups in total. The second-order valence-corrected chi connectivity index (χ2v) is 7.13. The zero-order chi connectivity index (χ0) is 17.9. The molecule has 1 heterocycles. The molecule has 2 amide bonds. The summed E-state index contributed by atoms with van der Waals surface area (Å²) in [4.78, 5) is 28.2. The normalized spacial score (nSPS) is 12.1. The summed E-state index contributed by atoms with van der Waals surface area (Å²) in [5.41, 5.74) is 4.22. The van der Waals surface area contributed by atoms with Crippen molar-refractivity contribution in [1.82, 2.24) is 10.3 Å². The van der Waals surface area contributed by atoms with Gasteiger partial charge in [-0.25, -0.2) is 4.98 Å². The van der Waals surface area contributed by atoms with Crippen LogP contribution in [0.5, 0.6) is 0 Å². The molecule has 0 saturated carbocycles. The number of aromatic nitrogens is 1. The molecule has 5 nitrogen and oxygen atoms in total. The summed E-state index contributed by atoms with van der Waals surface area (Å²) >= 11 is 1.38. The third-order valence-corrected chi connectivity index (χ3v) is 4.47. The lowest BCUT2D eigenvalue weighted by Gasteiger charge is -2.20. The van der Waals surface area contributed by atoms with Crippen LogP contribution in [0.4, 0.5) is 5.13 Å². The molecule has 2 aromatic rings. The second-order valence-electron chi connectivity index (χ2n) is 6.27. The van der Waals surface area contributed by atoms with Crippen molar-refractivity contribution in [2.75, 3.05) is 5.32 Å². The second kappa shape index (κ2) is 7.57. The molecule has 0 unspecified atom stereocenters. The molecule has 1 aromatic heterocycles. The minimum Gasteiger partial charge on any atom is -0.344 e. The highest BCUT2D eigenvalue weighted by atomic mass is 32.1. The van der Waals surface area contributed by atoms with E-state index in [4.69, 9.17) is 0 Å². The fourth-order valence-corrected chi connectivity index (χ4v) is 3.12. The molecule has 0 radical (unpaired) electrons. The Hall–Kier alpha value is -2.21. The van der Waals surface area contributed by atoms with Gasteiger partial charge in [0, 0.05) is 17.9 Å². The number of hydrogen-bond donors (Lipinski definition) is 2. The SMILES string of the molecule is CC(=O)N[C@H](C(=O)Nc1nc(-c2cc(C)ccc2C)cs1)C(C)C. The van der Waals surface area contributed by atoms with Gasteiger partial charge in [0.05, 0.1) is 5.69 Å². The van der Waals surface area contributed by atoms with Crippen molar-refractivity contribution in [3.63, 3.8) is 0 Å². The topological polar surface area (TPSA) is 71.1 Å². The first kappa shape index (κ1) is 18.1. The van der Waals surface area contributed by atoms with E-state index >= 15 is 0 Å². The van der Waals surface area contributed by atoms with Gasteiger partial charge in [-0.05, 0) is 31.4 Å². The summed E-state index contributed by atoms with van der Waals surface area (Å²) in [5.74, 6) is -0.478. The lowest BCUT2D eigenvalue weighted by Crippen LogP contribution is -2.46. The Bertz CT molecular complexity index is 752. The summed E-state index contributed by atoms with van der Waals surface area (Å²) in [5, 5.41) is 7.95. The molecular weight excluding hydrogens is 322 g/mol. The number of aryl methyl sites for hydroxylation is 2. The first-order valence-electron chi connectivity index (χ1n) is 7.89. The lowest BCUT2D eigenvalue weighted by molar-refractivity contribution is -0.126. The number of hydrogen-bond acceptors (Lipinski definition) is 4. The van der Waals surface area contributed by atoms with E-state index < -0.39 is 6.04 Å². The first-order chi connectivity index (χ1) is 11.3. The zero-order valence-electron chi connectivity index (χ0n) is 14.6. The van der Waals surface area contributed by atoms with Crippen LogP contribution in [0.25, 0.3) is 11.3 Å². The number of nitrogens with one attached hydrogen (secondary N) is 2. The van der Waals surface area contributed by atoms with E-state index in [0.29, 0.717) is 5.13 Å². The molecule has 0 fully saturated rings. The van der Waals surface area contributed by atoms with Crippen LogP contribution in [0, 0.1) is 19.8 Å². The monoisotopic (exact) mass is 345 g/mol. The predicted octanol–water partition coefficient (Wildman–Crippen LogP) is 3.53. The first-order valence-corrected chi connectivity index (χ1v) is 8.77. The van der Waals surface area contributed by atoms with Crippen LogP contribution in [0.3, 0.4) is 0 Å². The molecule has 0 aliphatic carbocycles. The molecule has 0 aliphatic heterocycles. The molecule has 0 saturated heterocycles. The molecule has 24 heavy (non-hydrogen) atoms. The minimum atomic E-state index is -0.574. The highest BCUT2D eigenvalue weighted by Crippen LogP contribution is 2.28. The van der Waals surface area contributed by atoms with Crippen molar-refractivity contribution >= 4 is 28.3 Å². The maximum Gasteiger partial charge on any atom is 0.248 e. The standard InChI is InChI=1S/C18H23N3O2S/c1-10(2)16(19-13(5)22)17(23)21-18-20-15(9-24-18)14-8-11(3)6-7-12(14)4/h6-10,16H,1-5H3,(H,19,22)(H,20,21,23)/t16-/m0/s1. The van der Waals surface area contributed by atoms with Gasteiger partial charge in [0.2, 0.25) is 11.8 Å². The highest BCUT2D eigenvalue weighted by Gasteiger charge is 2.24. The van der Waals surface area contributed by atoms with Crippen LogP contribution >= 0.6 is 11.3 Å². The van der Waals surface area contributed by atoms with Gasteiger partial charge in [0.15, 0.2) is 5.13 Å². The van der Waals surface area contributed by atoms with Gasteiger partial charge in [-0.3, -0.25) is 9.59 Å². The Morgan fingerprint density at radius 3 is 2.54 bits per heavy atom. The van der Waals surface area contributed by atoms with Crippen molar-refractivity contribution in [2.45, 2.75) is 40.7 Å². The van der Waals surface area contributed by atoms with Crippen LogP contribution in [0.2, 0.25) is 0 Å². The summed E-state index contributed by atoms with van der Waals surface area (Å²) in [6.07, 6.45) is 0. The molecule has 6 heteroatoms. The molecule has 1 aromatic carbocycles.